The molecule has 0 aromatic heterocycles. The van der Waals surface area contributed by atoms with E-state index < -0.39 is 55.4 Å². The molecule has 1 fully saturated rings. The third kappa shape index (κ3) is 29.1. The molecule has 0 bridgehead atoms. The Morgan fingerprint density at radius 2 is 1.12 bits per heavy atom. The van der Waals surface area contributed by atoms with Gasteiger partial charge in [0, 0.05) is 12.8 Å². The van der Waals surface area contributed by atoms with Crippen LogP contribution in [-0.4, -0.2) is 89.0 Å². The number of aliphatic hydroxyl groups is 4. The van der Waals surface area contributed by atoms with E-state index in [1.165, 1.54) is 38.5 Å². The van der Waals surface area contributed by atoms with Crippen LogP contribution in [0.1, 0.15) is 162 Å². The monoisotopic (exact) mass is 803 g/mol. The smallest absolute Gasteiger partial charge is 0.306 e. The molecule has 1 saturated heterocycles. The molecule has 0 aliphatic carbocycles. The van der Waals surface area contributed by atoms with Crippen LogP contribution in [-0.2, 0) is 28.5 Å². The summed E-state index contributed by atoms with van der Waals surface area (Å²) >= 11 is 0. The van der Waals surface area contributed by atoms with E-state index in [1.807, 2.05) is 0 Å². The first-order valence-electron chi connectivity index (χ1n) is 22.1. The Kier molecular flexibility index (Phi) is 34.3. The maximum Gasteiger partial charge on any atom is 0.306 e. The first kappa shape index (κ1) is 52.2. The zero-order valence-corrected chi connectivity index (χ0v) is 35.4. The van der Waals surface area contributed by atoms with Crippen molar-refractivity contribution in [3.63, 3.8) is 0 Å². The van der Waals surface area contributed by atoms with Crippen LogP contribution in [0, 0.1) is 0 Å². The topological polar surface area (TPSA) is 152 Å². The van der Waals surface area contributed by atoms with Gasteiger partial charge in [0.1, 0.15) is 31.0 Å². The minimum Gasteiger partial charge on any atom is -0.462 e. The van der Waals surface area contributed by atoms with Gasteiger partial charge in [-0.3, -0.25) is 9.59 Å². The Balaban J connectivity index is 2.40. The maximum atomic E-state index is 12.8. The molecule has 0 radical (unpaired) electrons. The summed E-state index contributed by atoms with van der Waals surface area (Å²) < 4.78 is 22.1. The lowest BCUT2D eigenvalue weighted by atomic mass is 9.99. The molecule has 1 aliphatic heterocycles. The molecule has 1 heterocycles. The molecule has 6 atom stereocenters. The van der Waals surface area contributed by atoms with E-state index in [4.69, 9.17) is 18.9 Å². The number of esters is 2. The van der Waals surface area contributed by atoms with E-state index in [0.717, 1.165) is 83.5 Å². The molecule has 0 amide bonds. The summed E-state index contributed by atoms with van der Waals surface area (Å²) in [5.41, 5.74) is 3.29. The Hall–Kier alpha value is -2.82. The number of unbranched alkanes of at least 4 members (excludes halogenated alkanes) is 14. The molecular formula is C47H78O10. The number of carbonyl (C=O) groups is 2. The summed E-state index contributed by atoms with van der Waals surface area (Å²) in [6.07, 6.45) is 35.7. The molecule has 57 heavy (non-hydrogen) atoms. The Morgan fingerprint density at radius 3 is 1.74 bits per heavy atom. The lowest BCUT2D eigenvalue weighted by Gasteiger charge is -2.39. The average molecular weight is 803 g/mol. The van der Waals surface area contributed by atoms with Gasteiger partial charge < -0.3 is 39.4 Å². The minimum atomic E-state index is -1.61. The SMILES string of the molecule is CCC/C=C/C/C=C/C/C=C/C/C=C/CCCCCC(=O)O[C@H](COC(=O)CCCCCCCC=C=CCCCCCCC)CO[C@@H]1O[C@H](CO)[C@H](O)C(O)C1O. The third-order valence-corrected chi connectivity index (χ3v) is 9.63. The molecule has 2 unspecified atom stereocenters. The van der Waals surface area contributed by atoms with Gasteiger partial charge in [-0.15, -0.1) is 5.73 Å². The summed E-state index contributed by atoms with van der Waals surface area (Å²) in [6, 6.07) is 0. The Bertz CT molecular complexity index is 1170. The second kappa shape index (κ2) is 37.5. The summed E-state index contributed by atoms with van der Waals surface area (Å²) in [6.45, 7) is 3.27. The average Bonchev–Trinajstić information content (AvgIpc) is 3.21. The standard InChI is InChI=1S/C47H78O10/c1-3-5-7-9-11-13-15-17-19-20-22-24-26-28-30-32-34-36-43(50)56-40(39-55-47-46(53)45(52)44(51)41(37-48)57-47)38-54-42(49)35-33-31-29-27-25-23-21-18-16-14-12-10-8-6-4-2/h7,9,13,15-16,19-21,24,26,40-41,44-48,51-53H,3-6,8,10-12,14,17,22-23,25,27-39H2,1-2H3/b9-7+,15-13+,20-19+,26-24+/t18?,40-,41-,44+,45?,46?,47-/m1/s1. The molecule has 0 saturated carbocycles. The molecule has 1 aliphatic rings. The van der Waals surface area contributed by atoms with E-state index in [-0.39, 0.29) is 26.1 Å². The zero-order valence-electron chi connectivity index (χ0n) is 35.4. The van der Waals surface area contributed by atoms with Gasteiger partial charge in [0.05, 0.1) is 13.2 Å². The van der Waals surface area contributed by atoms with E-state index in [0.29, 0.717) is 12.8 Å². The van der Waals surface area contributed by atoms with Crippen LogP contribution < -0.4 is 0 Å². The van der Waals surface area contributed by atoms with E-state index >= 15 is 0 Å². The largest absolute Gasteiger partial charge is 0.462 e. The summed E-state index contributed by atoms with van der Waals surface area (Å²) in [7, 11) is 0. The van der Waals surface area contributed by atoms with Gasteiger partial charge in [-0.1, -0.05) is 120 Å². The van der Waals surface area contributed by atoms with Gasteiger partial charge in [-0.2, -0.15) is 0 Å². The fourth-order valence-electron chi connectivity index (χ4n) is 6.10. The quantitative estimate of drug-likeness (QED) is 0.0211. The van der Waals surface area contributed by atoms with Gasteiger partial charge in [0.2, 0.25) is 0 Å². The Labute approximate surface area is 344 Å². The summed E-state index contributed by atoms with van der Waals surface area (Å²) in [5, 5.41) is 40.0. The van der Waals surface area contributed by atoms with Crippen LogP contribution in [0.25, 0.3) is 0 Å². The fraction of sp³-hybridized carbons (Fsp3) is 0.723. The number of allylic oxidation sites excluding steroid dienone is 9. The van der Waals surface area contributed by atoms with Gasteiger partial charge in [-0.05, 0) is 89.2 Å². The number of ether oxygens (including phenoxy) is 4. The van der Waals surface area contributed by atoms with Gasteiger partial charge in [0.25, 0.3) is 0 Å². The molecule has 4 N–H and O–H groups in total. The van der Waals surface area contributed by atoms with E-state index in [9.17, 15) is 30.0 Å². The van der Waals surface area contributed by atoms with E-state index in [2.05, 4.69) is 80.3 Å². The summed E-state index contributed by atoms with van der Waals surface area (Å²) in [4.78, 5) is 25.3. The van der Waals surface area contributed by atoms with Crippen LogP contribution in [0.5, 0.6) is 0 Å². The third-order valence-electron chi connectivity index (χ3n) is 9.63. The Morgan fingerprint density at radius 1 is 0.596 bits per heavy atom. The van der Waals surface area contributed by atoms with Crippen molar-refractivity contribution in [1.29, 1.82) is 0 Å². The molecule has 10 heteroatoms. The molecule has 0 aromatic carbocycles. The zero-order chi connectivity index (χ0) is 41.6. The number of aliphatic hydroxyl groups excluding tert-OH is 4. The summed E-state index contributed by atoms with van der Waals surface area (Å²) in [5.74, 6) is -0.870. The first-order chi connectivity index (χ1) is 27.8. The number of hydrogen-bond donors (Lipinski definition) is 4. The highest BCUT2D eigenvalue weighted by atomic mass is 16.7. The van der Waals surface area contributed by atoms with E-state index in [1.54, 1.807) is 0 Å². The van der Waals surface area contributed by atoms with Crippen molar-refractivity contribution in [3.05, 3.63) is 66.5 Å². The highest BCUT2D eigenvalue weighted by Crippen LogP contribution is 2.22. The highest BCUT2D eigenvalue weighted by molar-refractivity contribution is 5.70. The molecular weight excluding hydrogens is 725 g/mol. The molecule has 0 spiro atoms. The lowest BCUT2D eigenvalue weighted by molar-refractivity contribution is -0.305. The van der Waals surface area contributed by atoms with Crippen LogP contribution in [0.3, 0.4) is 0 Å². The van der Waals surface area contributed by atoms with Crippen LogP contribution >= 0.6 is 0 Å². The van der Waals surface area contributed by atoms with Crippen molar-refractivity contribution < 1.29 is 49.0 Å². The van der Waals surface area contributed by atoms with Crippen molar-refractivity contribution in [3.8, 4) is 0 Å². The van der Waals surface area contributed by atoms with Crippen LogP contribution in [0.2, 0.25) is 0 Å². The van der Waals surface area contributed by atoms with Crippen molar-refractivity contribution in [2.75, 3.05) is 19.8 Å². The van der Waals surface area contributed by atoms with Gasteiger partial charge >= 0.3 is 11.9 Å². The first-order valence-corrected chi connectivity index (χ1v) is 22.1. The highest BCUT2D eigenvalue weighted by Gasteiger charge is 2.44. The van der Waals surface area contributed by atoms with Crippen molar-refractivity contribution in [2.45, 2.75) is 198 Å². The minimum absolute atomic E-state index is 0.185. The molecule has 1 rings (SSSR count). The number of rotatable bonds is 35. The normalized spacial score (nSPS) is 20.4. The van der Waals surface area contributed by atoms with Crippen LogP contribution in [0.15, 0.2) is 66.5 Å². The molecule has 0 aromatic rings. The second-order valence-corrected chi connectivity index (χ2v) is 14.9. The van der Waals surface area contributed by atoms with Gasteiger partial charge in [0.15, 0.2) is 12.4 Å². The van der Waals surface area contributed by atoms with Crippen LogP contribution in [0.4, 0.5) is 0 Å². The van der Waals surface area contributed by atoms with Crippen molar-refractivity contribution in [2.24, 2.45) is 0 Å². The van der Waals surface area contributed by atoms with Gasteiger partial charge in [-0.25, -0.2) is 0 Å². The predicted octanol–water partition coefficient (Wildman–Crippen LogP) is 9.21. The van der Waals surface area contributed by atoms with Crippen molar-refractivity contribution in [1.82, 2.24) is 0 Å². The number of hydrogen-bond acceptors (Lipinski definition) is 10. The predicted molar refractivity (Wildman–Crippen MR) is 227 cm³/mol. The molecule has 10 nitrogen and oxygen atoms in total. The number of carbonyl (C=O) groups excluding carboxylic acids is 2. The second-order valence-electron chi connectivity index (χ2n) is 14.9. The van der Waals surface area contributed by atoms with Crippen molar-refractivity contribution >= 4 is 11.9 Å². The maximum absolute atomic E-state index is 12.8. The lowest BCUT2D eigenvalue weighted by Crippen LogP contribution is -2.59. The molecule has 326 valence electrons. The fourth-order valence-corrected chi connectivity index (χ4v) is 6.10.